The highest BCUT2D eigenvalue weighted by Gasteiger charge is 2.18. The van der Waals surface area contributed by atoms with Crippen molar-refractivity contribution in [2.24, 2.45) is 0 Å². The van der Waals surface area contributed by atoms with Gasteiger partial charge in [0.1, 0.15) is 5.69 Å². The van der Waals surface area contributed by atoms with E-state index in [1.807, 2.05) is 0 Å². The van der Waals surface area contributed by atoms with Crippen LogP contribution in [-0.4, -0.2) is 29.7 Å². The Kier molecular flexibility index (Phi) is 5.45. The van der Waals surface area contributed by atoms with Crippen molar-refractivity contribution < 1.29 is 9.66 Å². The first-order valence-corrected chi connectivity index (χ1v) is 7.07. The third-order valence-electron chi connectivity index (χ3n) is 3.14. The Morgan fingerprint density at radius 2 is 2.19 bits per heavy atom. The van der Waals surface area contributed by atoms with E-state index in [1.165, 1.54) is 0 Å². The summed E-state index contributed by atoms with van der Waals surface area (Å²) in [7, 11) is 0. The molecule has 0 radical (unpaired) electrons. The second-order valence-corrected chi connectivity index (χ2v) is 4.68. The number of rotatable bonds is 8. The molecule has 1 N–H and O–H groups in total. The molecule has 0 aliphatic heterocycles. The molecule has 112 valence electrons. The number of aromatic nitrogens is 1. The molecular formula is C15H19N3O3. The molecule has 0 saturated heterocycles. The lowest BCUT2D eigenvalue weighted by Gasteiger charge is -2.09. The number of anilines is 1. The summed E-state index contributed by atoms with van der Waals surface area (Å²) in [5, 5.41) is 14.9. The molecule has 21 heavy (non-hydrogen) atoms. The van der Waals surface area contributed by atoms with Crippen molar-refractivity contribution in [3.8, 4) is 0 Å². The molecule has 0 aliphatic carbocycles. The van der Waals surface area contributed by atoms with Crippen molar-refractivity contribution in [3.05, 3.63) is 40.6 Å². The molecule has 2 aromatic rings. The second kappa shape index (κ2) is 7.54. The van der Waals surface area contributed by atoms with Crippen LogP contribution in [0.25, 0.3) is 10.9 Å². The Hall–Kier alpha value is -2.21. The first kappa shape index (κ1) is 15.2. The van der Waals surface area contributed by atoms with Gasteiger partial charge in [0.2, 0.25) is 0 Å². The zero-order valence-corrected chi connectivity index (χ0v) is 12.0. The smallest absolute Gasteiger partial charge is 0.301 e. The molecule has 0 atom stereocenters. The fourth-order valence-corrected chi connectivity index (χ4v) is 2.08. The Bertz CT molecular complexity index is 616. The van der Waals surface area contributed by atoms with Crippen molar-refractivity contribution in [2.45, 2.75) is 19.8 Å². The van der Waals surface area contributed by atoms with Crippen LogP contribution < -0.4 is 5.32 Å². The van der Waals surface area contributed by atoms with E-state index in [-0.39, 0.29) is 10.6 Å². The number of benzene rings is 1. The summed E-state index contributed by atoms with van der Waals surface area (Å²) in [4.78, 5) is 15.1. The van der Waals surface area contributed by atoms with Crippen LogP contribution >= 0.6 is 0 Å². The molecule has 6 nitrogen and oxygen atoms in total. The number of pyridine rings is 1. The van der Waals surface area contributed by atoms with Gasteiger partial charge in [0, 0.05) is 19.3 Å². The lowest BCUT2D eigenvalue weighted by Crippen LogP contribution is -2.11. The molecule has 6 heteroatoms. The minimum atomic E-state index is -0.371. The minimum absolute atomic E-state index is 0.0640. The third-order valence-corrected chi connectivity index (χ3v) is 3.14. The average molecular weight is 289 g/mol. The fraction of sp³-hybridized carbons (Fsp3) is 0.400. The van der Waals surface area contributed by atoms with E-state index in [2.05, 4.69) is 17.2 Å². The number of nitrogens with zero attached hydrogens (tertiary/aromatic N) is 2. The number of hydrogen-bond donors (Lipinski definition) is 1. The molecule has 0 fully saturated rings. The Balaban J connectivity index is 2.09. The van der Waals surface area contributed by atoms with Gasteiger partial charge in [-0.25, -0.2) is 0 Å². The van der Waals surface area contributed by atoms with E-state index in [9.17, 15) is 10.1 Å². The van der Waals surface area contributed by atoms with E-state index in [4.69, 9.17) is 4.74 Å². The van der Waals surface area contributed by atoms with Gasteiger partial charge in [-0.05, 0) is 30.7 Å². The first-order chi connectivity index (χ1) is 10.2. The highest BCUT2D eigenvalue weighted by Crippen LogP contribution is 2.32. The molecule has 0 aliphatic rings. The normalized spacial score (nSPS) is 10.7. The van der Waals surface area contributed by atoms with Crippen molar-refractivity contribution >= 4 is 22.3 Å². The highest BCUT2D eigenvalue weighted by atomic mass is 16.6. The maximum atomic E-state index is 11.3. The van der Waals surface area contributed by atoms with Gasteiger partial charge in [-0.15, -0.1) is 0 Å². The van der Waals surface area contributed by atoms with Crippen molar-refractivity contribution in [3.63, 3.8) is 0 Å². The second-order valence-electron chi connectivity index (χ2n) is 4.68. The maximum absolute atomic E-state index is 11.3. The molecular weight excluding hydrogens is 270 g/mol. The topological polar surface area (TPSA) is 77.3 Å². The fourth-order valence-electron chi connectivity index (χ4n) is 2.08. The monoisotopic (exact) mass is 289 g/mol. The van der Waals surface area contributed by atoms with Crippen LogP contribution in [0, 0.1) is 10.1 Å². The quantitative estimate of drug-likeness (QED) is 0.458. The van der Waals surface area contributed by atoms with Gasteiger partial charge in [-0.1, -0.05) is 13.3 Å². The SMILES string of the molecule is CCCCOCCNc1ccc2ncccc2c1[N+](=O)[O-]. The van der Waals surface area contributed by atoms with E-state index < -0.39 is 0 Å². The van der Waals surface area contributed by atoms with E-state index in [0.717, 1.165) is 19.4 Å². The zero-order chi connectivity index (χ0) is 15.1. The van der Waals surface area contributed by atoms with Crippen LogP contribution in [0.1, 0.15) is 19.8 Å². The summed E-state index contributed by atoms with van der Waals surface area (Å²) in [6, 6.07) is 6.89. The largest absolute Gasteiger partial charge is 0.380 e. The van der Waals surface area contributed by atoms with E-state index >= 15 is 0 Å². The summed E-state index contributed by atoms with van der Waals surface area (Å²) >= 11 is 0. The summed E-state index contributed by atoms with van der Waals surface area (Å²) in [6.07, 6.45) is 3.75. The number of nitro groups is 1. The van der Waals surface area contributed by atoms with Crippen LogP contribution in [0.4, 0.5) is 11.4 Å². The molecule has 0 saturated carbocycles. The number of hydrogen-bond acceptors (Lipinski definition) is 5. The van der Waals surface area contributed by atoms with Gasteiger partial charge in [0.15, 0.2) is 0 Å². The van der Waals surface area contributed by atoms with Crippen molar-refractivity contribution in [1.82, 2.24) is 4.98 Å². The Morgan fingerprint density at radius 1 is 1.33 bits per heavy atom. The Labute approximate surface area is 123 Å². The van der Waals surface area contributed by atoms with Crippen molar-refractivity contribution in [1.29, 1.82) is 0 Å². The first-order valence-electron chi connectivity index (χ1n) is 7.07. The van der Waals surface area contributed by atoms with Crippen LogP contribution in [0.2, 0.25) is 0 Å². The lowest BCUT2D eigenvalue weighted by molar-refractivity contribution is -0.382. The standard InChI is InChI=1S/C15H19N3O3/c1-2-3-10-21-11-9-17-14-7-6-13-12(5-4-8-16-13)15(14)18(19)20/h4-8,17H,2-3,9-11H2,1H3. The molecule has 2 rings (SSSR count). The van der Waals surface area contributed by atoms with Gasteiger partial charge >= 0.3 is 5.69 Å². The van der Waals surface area contributed by atoms with E-state index in [1.54, 1.807) is 30.5 Å². The molecule has 1 heterocycles. The predicted octanol–water partition coefficient (Wildman–Crippen LogP) is 3.37. The molecule has 1 aromatic carbocycles. The van der Waals surface area contributed by atoms with Crippen LogP contribution in [0.3, 0.4) is 0 Å². The predicted molar refractivity (Wildman–Crippen MR) is 82.6 cm³/mol. The number of nitrogens with one attached hydrogen (secondary N) is 1. The molecule has 0 spiro atoms. The van der Waals surface area contributed by atoms with Crippen LogP contribution in [0.5, 0.6) is 0 Å². The number of nitro benzene ring substituents is 1. The van der Waals surface area contributed by atoms with Crippen molar-refractivity contribution in [2.75, 3.05) is 25.1 Å². The van der Waals surface area contributed by atoms with Gasteiger partial charge in [-0.3, -0.25) is 15.1 Å². The third kappa shape index (κ3) is 3.88. The average Bonchev–Trinajstić information content (AvgIpc) is 2.50. The lowest BCUT2D eigenvalue weighted by atomic mass is 10.1. The molecule has 1 aromatic heterocycles. The minimum Gasteiger partial charge on any atom is -0.380 e. The van der Waals surface area contributed by atoms with Crippen LogP contribution in [0.15, 0.2) is 30.5 Å². The number of ether oxygens (including phenoxy) is 1. The maximum Gasteiger partial charge on any atom is 0.301 e. The summed E-state index contributed by atoms with van der Waals surface area (Å²) < 4.78 is 5.44. The molecule has 0 unspecified atom stereocenters. The molecule has 0 amide bonds. The Morgan fingerprint density at radius 3 is 2.95 bits per heavy atom. The van der Waals surface area contributed by atoms with Gasteiger partial charge < -0.3 is 10.1 Å². The van der Waals surface area contributed by atoms with Gasteiger partial charge in [0.05, 0.1) is 22.4 Å². The highest BCUT2D eigenvalue weighted by molar-refractivity contribution is 5.94. The zero-order valence-electron chi connectivity index (χ0n) is 12.0. The number of unbranched alkanes of at least 4 members (excludes halogenated alkanes) is 1. The van der Waals surface area contributed by atoms with Gasteiger partial charge in [-0.2, -0.15) is 0 Å². The summed E-state index contributed by atoms with van der Waals surface area (Å²) in [6.45, 7) is 3.90. The number of fused-ring (bicyclic) bond motifs is 1. The molecule has 0 bridgehead atoms. The summed E-state index contributed by atoms with van der Waals surface area (Å²) in [5.74, 6) is 0. The van der Waals surface area contributed by atoms with E-state index in [0.29, 0.717) is 29.7 Å². The van der Waals surface area contributed by atoms with Gasteiger partial charge in [0.25, 0.3) is 0 Å². The van der Waals surface area contributed by atoms with Crippen LogP contribution in [-0.2, 0) is 4.74 Å². The summed E-state index contributed by atoms with van der Waals surface area (Å²) in [5.41, 5.74) is 1.18.